The third-order valence-electron chi connectivity index (χ3n) is 4.51. The Morgan fingerprint density at radius 3 is 2.07 bits per heavy atom. The second kappa shape index (κ2) is 8.04. The quantitative estimate of drug-likeness (QED) is 0.458. The van der Waals surface area contributed by atoms with Gasteiger partial charge in [0.1, 0.15) is 0 Å². The minimum atomic E-state index is 0.574. The van der Waals surface area contributed by atoms with E-state index in [4.69, 9.17) is 4.52 Å². The summed E-state index contributed by atoms with van der Waals surface area (Å²) in [5.74, 6) is 1.20. The molecule has 0 fully saturated rings. The van der Waals surface area contributed by atoms with Gasteiger partial charge in [-0.2, -0.15) is 4.98 Å². The Morgan fingerprint density at radius 1 is 0.857 bits per heavy atom. The molecule has 0 bridgehead atoms. The van der Waals surface area contributed by atoms with Crippen molar-refractivity contribution in [1.82, 2.24) is 20.0 Å². The van der Waals surface area contributed by atoms with Crippen LogP contribution in [0.2, 0.25) is 0 Å². The van der Waals surface area contributed by atoms with E-state index in [0.29, 0.717) is 11.7 Å². The number of thiazole rings is 1. The Hall–Kier alpha value is -2.83. The standard InChI is InChI=1S/C22H22N4OS/c1-15-23-22(25-27-15)20-10-8-19(9-11-20)18-6-4-17(5-7-18)12-26(3)13-21-14-28-16(2)24-21/h4-11,14H,12-13H2,1-3H3. The zero-order chi connectivity index (χ0) is 19.5. The first-order valence-electron chi connectivity index (χ1n) is 9.16. The van der Waals surface area contributed by atoms with Crippen molar-refractivity contribution in [3.05, 3.63) is 76.1 Å². The van der Waals surface area contributed by atoms with Gasteiger partial charge in [0.2, 0.25) is 11.7 Å². The molecule has 0 amide bonds. The fourth-order valence-electron chi connectivity index (χ4n) is 3.16. The van der Waals surface area contributed by atoms with Crippen LogP contribution in [-0.4, -0.2) is 27.1 Å². The average molecular weight is 391 g/mol. The van der Waals surface area contributed by atoms with Crippen LogP contribution in [0.4, 0.5) is 0 Å². The zero-order valence-electron chi connectivity index (χ0n) is 16.2. The van der Waals surface area contributed by atoms with Gasteiger partial charge in [-0.15, -0.1) is 11.3 Å². The molecule has 142 valence electrons. The summed E-state index contributed by atoms with van der Waals surface area (Å²) >= 11 is 1.70. The van der Waals surface area contributed by atoms with Gasteiger partial charge < -0.3 is 4.52 Å². The third-order valence-corrected chi connectivity index (χ3v) is 5.33. The molecule has 0 spiro atoms. The Balaban J connectivity index is 1.41. The van der Waals surface area contributed by atoms with E-state index in [9.17, 15) is 0 Å². The fourth-order valence-corrected chi connectivity index (χ4v) is 3.76. The molecule has 0 aliphatic rings. The summed E-state index contributed by atoms with van der Waals surface area (Å²) in [4.78, 5) is 11.1. The zero-order valence-corrected chi connectivity index (χ0v) is 17.0. The maximum absolute atomic E-state index is 5.05. The van der Waals surface area contributed by atoms with Gasteiger partial charge >= 0.3 is 0 Å². The largest absolute Gasteiger partial charge is 0.339 e. The predicted octanol–water partition coefficient (Wildman–Crippen LogP) is 5.11. The van der Waals surface area contributed by atoms with Crippen LogP contribution in [0.3, 0.4) is 0 Å². The third kappa shape index (κ3) is 4.35. The predicted molar refractivity (Wildman–Crippen MR) is 112 cm³/mol. The molecule has 2 aromatic carbocycles. The van der Waals surface area contributed by atoms with E-state index in [2.05, 4.69) is 68.9 Å². The van der Waals surface area contributed by atoms with Crippen LogP contribution < -0.4 is 0 Å². The second-order valence-corrected chi connectivity index (χ2v) is 8.00. The number of benzene rings is 2. The highest BCUT2D eigenvalue weighted by atomic mass is 32.1. The maximum atomic E-state index is 5.05. The van der Waals surface area contributed by atoms with Gasteiger partial charge in [-0.05, 0) is 30.7 Å². The smallest absolute Gasteiger partial charge is 0.223 e. The SMILES string of the molecule is Cc1nc(-c2ccc(-c3ccc(CN(C)Cc4csc(C)n4)cc3)cc2)no1. The van der Waals surface area contributed by atoms with Crippen molar-refractivity contribution >= 4 is 11.3 Å². The first-order chi connectivity index (χ1) is 13.6. The van der Waals surface area contributed by atoms with Gasteiger partial charge in [0.25, 0.3) is 0 Å². The van der Waals surface area contributed by atoms with Crippen LogP contribution in [0.15, 0.2) is 58.4 Å². The Morgan fingerprint density at radius 2 is 1.50 bits per heavy atom. The van der Waals surface area contributed by atoms with Crippen LogP contribution >= 0.6 is 11.3 Å². The number of hydrogen-bond donors (Lipinski definition) is 0. The Kier molecular flexibility index (Phi) is 5.32. The molecule has 4 aromatic rings. The molecular weight excluding hydrogens is 368 g/mol. The average Bonchev–Trinajstić information content (AvgIpc) is 3.30. The van der Waals surface area contributed by atoms with E-state index in [1.807, 2.05) is 19.1 Å². The molecule has 2 aromatic heterocycles. The number of nitrogens with zero attached hydrogens (tertiary/aromatic N) is 4. The molecule has 4 rings (SSSR count). The van der Waals surface area contributed by atoms with Crippen LogP contribution in [-0.2, 0) is 13.1 Å². The molecule has 0 aliphatic carbocycles. The van der Waals surface area contributed by atoms with Crippen LogP contribution in [0, 0.1) is 13.8 Å². The van der Waals surface area contributed by atoms with E-state index < -0.39 is 0 Å². The molecule has 0 unspecified atom stereocenters. The topological polar surface area (TPSA) is 55.1 Å². The Bertz CT molecular complexity index is 1050. The molecule has 28 heavy (non-hydrogen) atoms. The lowest BCUT2D eigenvalue weighted by Crippen LogP contribution is -2.17. The minimum absolute atomic E-state index is 0.574. The van der Waals surface area contributed by atoms with Crippen molar-refractivity contribution in [2.45, 2.75) is 26.9 Å². The summed E-state index contributed by atoms with van der Waals surface area (Å²) in [6.45, 7) is 5.60. The lowest BCUT2D eigenvalue weighted by atomic mass is 10.0. The lowest BCUT2D eigenvalue weighted by molar-refractivity contribution is 0.315. The van der Waals surface area contributed by atoms with Gasteiger partial charge in [-0.1, -0.05) is 53.7 Å². The van der Waals surface area contributed by atoms with Crippen molar-refractivity contribution in [3.63, 3.8) is 0 Å². The first-order valence-corrected chi connectivity index (χ1v) is 10.0. The molecule has 0 saturated heterocycles. The monoisotopic (exact) mass is 390 g/mol. The molecule has 0 radical (unpaired) electrons. The van der Waals surface area contributed by atoms with E-state index >= 15 is 0 Å². The Labute approximate surface area is 168 Å². The van der Waals surface area contributed by atoms with Gasteiger partial charge in [-0.3, -0.25) is 4.90 Å². The second-order valence-electron chi connectivity index (χ2n) is 6.94. The van der Waals surface area contributed by atoms with Gasteiger partial charge in [0, 0.05) is 31.0 Å². The summed E-state index contributed by atoms with van der Waals surface area (Å²) in [7, 11) is 2.13. The molecule has 2 heterocycles. The van der Waals surface area contributed by atoms with E-state index in [1.165, 1.54) is 16.7 Å². The van der Waals surface area contributed by atoms with Gasteiger partial charge in [0.05, 0.1) is 10.7 Å². The van der Waals surface area contributed by atoms with Crippen LogP contribution in [0.1, 0.15) is 22.2 Å². The molecule has 6 heteroatoms. The summed E-state index contributed by atoms with van der Waals surface area (Å²) < 4.78 is 5.05. The number of rotatable bonds is 6. The highest BCUT2D eigenvalue weighted by Gasteiger charge is 2.07. The highest BCUT2D eigenvalue weighted by Crippen LogP contribution is 2.24. The summed E-state index contributed by atoms with van der Waals surface area (Å²) in [6.07, 6.45) is 0. The van der Waals surface area contributed by atoms with E-state index in [-0.39, 0.29) is 0 Å². The van der Waals surface area contributed by atoms with Crippen molar-refractivity contribution in [2.75, 3.05) is 7.05 Å². The van der Waals surface area contributed by atoms with Crippen molar-refractivity contribution < 1.29 is 4.52 Å². The van der Waals surface area contributed by atoms with E-state index in [1.54, 1.807) is 18.3 Å². The molecule has 0 atom stereocenters. The lowest BCUT2D eigenvalue weighted by Gasteiger charge is -2.15. The maximum Gasteiger partial charge on any atom is 0.223 e. The minimum Gasteiger partial charge on any atom is -0.339 e. The highest BCUT2D eigenvalue weighted by molar-refractivity contribution is 7.09. The normalized spacial score (nSPS) is 11.3. The van der Waals surface area contributed by atoms with Crippen LogP contribution in [0.25, 0.3) is 22.5 Å². The number of aryl methyl sites for hydroxylation is 2. The van der Waals surface area contributed by atoms with Crippen molar-refractivity contribution in [2.24, 2.45) is 0 Å². The summed E-state index contributed by atoms with van der Waals surface area (Å²) in [5.41, 5.74) is 5.74. The summed E-state index contributed by atoms with van der Waals surface area (Å²) in [5, 5.41) is 7.22. The first kappa shape index (κ1) is 18.5. The van der Waals surface area contributed by atoms with Crippen molar-refractivity contribution in [1.29, 1.82) is 0 Å². The number of hydrogen-bond acceptors (Lipinski definition) is 6. The van der Waals surface area contributed by atoms with Gasteiger partial charge in [0.15, 0.2) is 0 Å². The fraction of sp³-hybridized carbons (Fsp3) is 0.227. The molecule has 0 aliphatic heterocycles. The molecule has 0 saturated carbocycles. The number of aromatic nitrogens is 3. The van der Waals surface area contributed by atoms with Gasteiger partial charge in [-0.25, -0.2) is 4.98 Å². The van der Waals surface area contributed by atoms with Crippen LogP contribution in [0.5, 0.6) is 0 Å². The van der Waals surface area contributed by atoms with Crippen molar-refractivity contribution in [3.8, 4) is 22.5 Å². The van der Waals surface area contributed by atoms with E-state index in [0.717, 1.165) is 29.4 Å². The molecule has 0 N–H and O–H groups in total. The molecular formula is C22H22N4OS. The molecule has 5 nitrogen and oxygen atoms in total. The summed E-state index contributed by atoms with van der Waals surface area (Å²) in [6, 6.07) is 16.9.